The zero-order valence-electron chi connectivity index (χ0n) is 14.6. The maximum atomic E-state index is 12.1. The molecule has 0 aromatic carbocycles. The van der Waals surface area contributed by atoms with Crippen molar-refractivity contribution >= 4 is 28.7 Å². The van der Waals surface area contributed by atoms with Crippen LogP contribution in [0.25, 0.3) is 22.7 Å². The molecular formula is C17H18N8O. The molecular weight excluding hydrogens is 332 g/mol. The predicted octanol–water partition coefficient (Wildman–Crippen LogP) is 1.49. The third-order valence-electron chi connectivity index (χ3n) is 4.28. The second-order valence-electron chi connectivity index (χ2n) is 5.65. The number of fused-ring (bicyclic) bond motifs is 2. The molecule has 0 aliphatic heterocycles. The summed E-state index contributed by atoms with van der Waals surface area (Å²) in [6.45, 7) is 0. The molecule has 0 aliphatic rings. The average Bonchev–Trinajstić information content (AvgIpc) is 3.33. The molecule has 26 heavy (non-hydrogen) atoms. The van der Waals surface area contributed by atoms with Gasteiger partial charge in [-0.2, -0.15) is 9.61 Å². The highest BCUT2D eigenvalue weighted by atomic mass is 16.1. The highest BCUT2D eigenvalue weighted by Gasteiger charge is 2.18. The first-order chi connectivity index (χ1) is 12.7. The average molecular weight is 350 g/mol. The first-order valence-corrected chi connectivity index (χ1v) is 8.10. The van der Waals surface area contributed by atoms with E-state index in [1.165, 1.54) is 6.20 Å². The highest BCUT2D eigenvalue weighted by molar-refractivity contribution is 6.00. The normalized spacial score (nSPS) is 11.0. The van der Waals surface area contributed by atoms with Gasteiger partial charge in [0.15, 0.2) is 11.3 Å². The van der Waals surface area contributed by atoms with Crippen LogP contribution in [0.1, 0.15) is 10.4 Å². The molecule has 9 heteroatoms. The minimum Gasteiger partial charge on any atom is -0.385 e. The van der Waals surface area contributed by atoms with Crippen LogP contribution in [0.2, 0.25) is 0 Å². The Labute approximate surface area is 149 Å². The Morgan fingerprint density at radius 3 is 2.69 bits per heavy atom. The third-order valence-corrected chi connectivity index (χ3v) is 4.28. The number of rotatable bonds is 4. The molecule has 0 fully saturated rings. The Morgan fingerprint density at radius 1 is 1.12 bits per heavy atom. The maximum Gasteiger partial charge on any atom is 0.256 e. The molecule has 132 valence electrons. The molecule has 4 aromatic heterocycles. The van der Waals surface area contributed by atoms with Crippen molar-refractivity contribution in [2.75, 3.05) is 31.8 Å². The SMILES string of the molecule is CNC(=O)c1cnn2c(NC)cc(-c3ccc(NC)c4nccn34)nc12. The second kappa shape index (κ2) is 6.03. The molecule has 0 radical (unpaired) electrons. The van der Waals surface area contributed by atoms with Crippen molar-refractivity contribution in [2.45, 2.75) is 0 Å². The number of carbonyl (C=O) groups is 1. The Hall–Kier alpha value is -3.62. The summed E-state index contributed by atoms with van der Waals surface area (Å²) in [5.74, 6) is 0.496. The Balaban J connectivity index is 2.00. The van der Waals surface area contributed by atoms with Crippen molar-refractivity contribution in [1.29, 1.82) is 0 Å². The molecule has 4 aromatic rings. The summed E-state index contributed by atoms with van der Waals surface area (Å²) in [5.41, 5.74) is 4.19. The van der Waals surface area contributed by atoms with Gasteiger partial charge >= 0.3 is 0 Å². The molecule has 4 heterocycles. The van der Waals surface area contributed by atoms with Gasteiger partial charge < -0.3 is 16.0 Å². The zero-order chi connectivity index (χ0) is 18.3. The largest absolute Gasteiger partial charge is 0.385 e. The number of carbonyl (C=O) groups excluding carboxylic acids is 1. The van der Waals surface area contributed by atoms with Crippen molar-refractivity contribution in [1.82, 2.24) is 29.3 Å². The van der Waals surface area contributed by atoms with Crippen molar-refractivity contribution < 1.29 is 4.79 Å². The van der Waals surface area contributed by atoms with Gasteiger partial charge in [-0.25, -0.2) is 9.97 Å². The van der Waals surface area contributed by atoms with Crippen molar-refractivity contribution in [3.63, 3.8) is 0 Å². The number of pyridine rings is 1. The van der Waals surface area contributed by atoms with Crippen LogP contribution in [0.5, 0.6) is 0 Å². The van der Waals surface area contributed by atoms with Crippen LogP contribution < -0.4 is 16.0 Å². The summed E-state index contributed by atoms with van der Waals surface area (Å²) in [4.78, 5) is 21.2. The zero-order valence-corrected chi connectivity index (χ0v) is 14.6. The fourth-order valence-corrected chi connectivity index (χ4v) is 2.99. The fraction of sp³-hybridized carbons (Fsp3) is 0.176. The van der Waals surface area contributed by atoms with Crippen LogP contribution >= 0.6 is 0 Å². The number of anilines is 2. The van der Waals surface area contributed by atoms with Crippen LogP contribution in [0.4, 0.5) is 11.5 Å². The van der Waals surface area contributed by atoms with Gasteiger partial charge in [-0.05, 0) is 12.1 Å². The molecule has 0 atom stereocenters. The summed E-state index contributed by atoms with van der Waals surface area (Å²) >= 11 is 0. The Bertz CT molecular complexity index is 1130. The van der Waals surface area contributed by atoms with E-state index in [0.29, 0.717) is 16.9 Å². The number of imidazole rings is 1. The summed E-state index contributed by atoms with van der Waals surface area (Å²) in [5, 5.41) is 13.1. The molecule has 4 rings (SSSR count). The van der Waals surface area contributed by atoms with Crippen LogP contribution in [-0.4, -0.2) is 51.0 Å². The van der Waals surface area contributed by atoms with Crippen LogP contribution in [-0.2, 0) is 0 Å². The minimum absolute atomic E-state index is 0.231. The standard InChI is InChI=1S/C17H18N8O/c1-18-11-4-5-13(24-7-6-21-16(11)24)12-8-14(19-2)25-15(23-12)10(9-22-25)17(26)20-3/h4-9,18-19H,1-3H3,(H,20,26). The van der Waals surface area contributed by atoms with Gasteiger partial charge in [0.05, 0.1) is 23.3 Å². The third kappa shape index (κ3) is 2.25. The van der Waals surface area contributed by atoms with Crippen LogP contribution in [0, 0.1) is 0 Å². The number of hydrogen-bond acceptors (Lipinski definition) is 6. The van der Waals surface area contributed by atoms with E-state index in [-0.39, 0.29) is 5.91 Å². The van der Waals surface area contributed by atoms with Gasteiger partial charge in [0.25, 0.3) is 5.91 Å². The first kappa shape index (κ1) is 15.9. The Morgan fingerprint density at radius 2 is 1.96 bits per heavy atom. The first-order valence-electron chi connectivity index (χ1n) is 8.10. The van der Waals surface area contributed by atoms with E-state index in [2.05, 4.69) is 26.0 Å². The summed E-state index contributed by atoms with van der Waals surface area (Å²) < 4.78 is 3.57. The lowest BCUT2D eigenvalue weighted by Gasteiger charge is -2.11. The quantitative estimate of drug-likeness (QED) is 0.515. The fourth-order valence-electron chi connectivity index (χ4n) is 2.99. The molecule has 1 amide bonds. The van der Waals surface area contributed by atoms with E-state index in [0.717, 1.165) is 22.8 Å². The number of nitrogens with one attached hydrogen (secondary N) is 3. The van der Waals surface area contributed by atoms with Crippen LogP contribution in [0.3, 0.4) is 0 Å². The number of aromatic nitrogens is 5. The lowest BCUT2D eigenvalue weighted by molar-refractivity contribution is 0.0964. The van der Waals surface area contributed by atoms with E-state index < -0.39 is 0 Å². The van der Waals surface area contributed by atoms with E-state index in [1.54, 1.807) is 24.8 Å². The molecule has 0 saturated heterocycles. The summed E-state index contributed by atoms with van der Waals surface area (Å²) in [6.07, 6.45) is 5.14. The number of hydrogen-bond donors (Lipinski definition) is 3. The predicted molar refractivity (Wildman–Crippen MR) is 99.7 cm³/mol. The van der Waals surface area contributed by atoms with E-state index in [9.17, 15) is 4.79 Å². The molecule has 0 bridgehead atoms. The van der Waals surface area contributed by atoms with Gasteiger partial charge in [-0.3, -0.25) is 9.20 Å². The molecule has 0 unspecified atom stereocenters. The van der Waals surface area contributed by atoms with Gasteiger partial charge in [-0.15, -0.1) is 0 Å². The minimum atomic E-state index is -0.231. The topological polar surface area (TPSA) is 101 Å². The van der Waals surface area contributed by atoms with Crippen molar-refractivity contribution in [3.05, 3.63) is 42.4 Å². The van der Waals surface area contributed by atoms with Crippen molar-refractivity contribution in [3.8, 4) is 11.4 Å². The maximum absolute atomic E-state index is 12.1. The smallest absolute Gasteiger partial charge is 0.256 e. The van der Waals surface area contributed by atoms with Gasteiger partial charge in [0.1, 0.15) is 11.4 Å². The second-order valence-corrected chi connectivity index (χ2v) is 5.65. The molecule has 0 spiro atoms. The monoisotopic (exact) mass is 350 g/mol. The number of amides is 1. The molecule has 3 N–H and O–H groups in total. The van der Waals surface area contributed by atoms with Crippen LogP contribution in [0.15, 0.2) is 36.8 Å². The number of nitrogens with zero attached hydrogens (tertiary/aromatic N) is 5. The molecule has 9 nitrogen and oxygen atoms in total. The summed E-state index contributed by atoms with van der Waals surface area (Å²) in [7, 11) is 5.24. The van der Waals surface area contributed by atoms with Gasteiger partial charge in [0, 0.05) is 39.6 Å². The van der Waals surface area contributed by atoms with E-state index in [1.807, 2.05) is 35.8 Å². The molecule has 0 aliphatic carbocycles. The highest BCUT2D eigenvalue weighted by Crippen LogP contribution is 2.27. The van der Waals surface area contributed by atoms with Gasteiger partial charge in [0.2, 0.25) is 0 Å². The molecule has 0 saturated carbocycles. The summed E-state index contributed by atoms with van der Waals surface area (Å²) in [6, 6.07) is 5.81. The Kier molecular flexibility index (Phi) is 3.68. The lowest BCUT2D eigenvalue weighted by Crippen LogP contribution is -2.18. The lowest BCUT2D eigenvalue weighted by atomic mass is 10.2. The van der Waals surface area contributed by atoms with Crippen molar-refractivity contribution in [2.24, 2.45) is 0 Å². The van der Waals surface area contributed by atoms with E-state index in [4.69, 9.17) is 4.98 Å². The van der Waals surface area contributed by atoms with E-state index >= 15 is 0 Å². The van der Waals surface area contributed by atoms with Gasteiger partial charge in [-0.1, -0.05) is 0 Å².